The van der Waals surface area contributed by atoms with Gasteiger partial charge in [0, 0.05) is 24.7 Å². The lowest BCUT2D eigenvalue weighted by molar-refractivity contribution is -0.126. The van der Waals surface area contributed by atoms with Crippen molar-refractivity contribution in [2.24, 2.45) is 5.92 Å². The maximum atomic E-state index is 12.3. The van der Waals surface area contributed by atoms with Crippen molar-refractivity contribution in [2.45, 2.75) is 65.0 Å². The second-order valence-corrected chi connectivity index (χ2v) is 7.85. The predicted molar refractivity (Wildman–Crippen MR) is 96.1 cm³/mol. The summed E-state index contributed by atoms with van der Waals surface area (Å²) in [5, 5.41) is 13.5. The molecular weight excluding hydrogens is 300 g/mol. The Hall–Kier alpha value is -1.55. The largest absolute Gasteiger partial charge is 0.508 e. The summed E-state index contributed by atoms with van der Waals surface area (Å²) in [6.07, 6.45) is 4.30. The molecule has 3 rings (SSSR count). The van der Waals surface area contributed by atoms with Crippen LogP contribution in [0.25, 0.3) is 0 Å². The molecule has 4 nitrogen and oxygen atoms in total. The van der Waals surface area contributed by atoms with Crippen LogP contribution in [-0.2, 0) is 11.3 Å². The molecule has 1 heterocycles. The molecule has 1 saturated carbocycles. The van der Waals surface area contributed by atoms with Crippen LogP contribution in [0.15, 0.2) is 12.1 Å². The smallest absolute Gasteiger partial charge is 0.224 e. The lowest BCUT2D eigenvalue weighted by Crippen LogP contribution is -2.43. The van der Waals surface area contributed by atoms with E-state index in [1.807, 2.05) is 6.07 Å². The minimum absolute atomic E-state index is 0.0940. The molecule has 1 aromatic rings. The molecule has 4 heteroatoms. The third-order valence-corrected chi connectivity index (χ3v) is 5.28. The van der Waals surface area contributed by atoms with Gasteiger partial charge in [0.1, 0.15) is 5.75 Å². The maximum absolute atomic E-state index is 12.3. The molecule has 0 unspecified atom stereocenters. The summed E-state index contributed by atoms with van der Waals surface area (Å²) in [6.45, 7) is 8.93. The van der Waals surface area contributed by atoms with Crippen molar-refractivity contribution in [3.63, 3.8) is 0 Å². The summed E-state index contributed by atoms with van der Waals surface area (Å²) in [6, 6.07) is 4.46. The Labute approximate surface area is 145 Å². The highest BCUT2D eigenvalue weighted by molar-refractivity contribution is 5.79. The summed E-state index contributed by atoms with van der Waals surface area (Å²) >= 11 is 0. The number of piperidine rings is 1. The van der Waals surface area contributed by atoms with E-state index in [1.165, 1.54) is 5.56 Å². The summed E-state index contributed by atoms with van der Waals surface area (Å²) in [4.78, 5) is 14.6. The third-order valence-electron chi connectivity index (χ3n) is 5.28. The van der Waals surface area contributed by atoms with E-state index in [0.717, 1.165) is 56.4 Å². The number of amides is 1. The molecule has 1 saturated heterocycles. The Balaban J connectivity index is 1.66. The van der Waals surface area contributed by atoms with E-state index in [0.29, 0.717) is 17.7 Å². The summed E-state index contributed by atoms with van der Waals surface area (Å²) in [7, 11) is 0. The number of carbonyl (C=O) groups is 1. The SMILES string of the molecule is Cc1cc(O)c(CN2CCC[C@H](C(=O)NC3CC3)C2)cc1C(C)C. The van der Waals surface area contributed by atoms with Crippen LogP contribution in [0.2, 0.25) is 0 Å². The highest BCUT2D eigenvalue weighted by Gasteiger charge is 2.30. The molecule has 1 aromatic carbocycles. The molecule has 24 heavy (non-hydrogen) atoms. The normalized spacial score (nSPS) is 21.9. The number of aryl methyl sites for hydroxylation is 1. The molecular formula is C20H30N2O2. The third kappa shape index (κ3) is 4.10. The Morgan fingerprint density at radius 1 is 1.33 bits per heavy atom. The highest BCUT2D eigenvalue weighted by atomic mass is 16.3. The van der Waals surface area contributed by atoms with Gasteiger partial charge in [0.2, 0.25) is 5.91 Å². The number of nitrogens with zero attached hydrogens (tertiary/aromatic N) is 1. The first-order valence-corrected chi connectivity index (χ1v) is 9.29. The first-order chi connectivity index (χ1) is 11.4. The average molecular weight is 330 g/mol. The molecule has 2 fully saturated rings. The number of carbonyl (C=O) groups excluding carboxylic acids is 1. The van der Waals surface area contributed by atoms with Crippen LogP contribution < -0.4 is 5.32 Å². The van der Waals surface area contributed by atoms with Crippen molar-refractivity contribution in [2.75, 3.05) is 13.1 Å². The molecule has 1 aliphatic heterocycles. The van der Waals surface area contributed by atoms with Crippen molar-refractivity contribution in [3.8, 4) is 5.75 Å². The Kier molecular flexibility index (Phi) is 5.14. The zero-order valence-electron chi connectivity index (χ0n) is 15.1. The number of nitrogens with one attached hydrogen (secondary N) is 1. The molecule has 2 aliphatic rings. The number of hydrogen-bond donors (Lipinski definition) is 2. The molecule has 1 amide bonds. The van der Waals surface area contributed by atoms with E-state index in [-0.39, 0.29) is 11.8 Å². The molecule has 0 spiro atoms. The topological polar surface area (TPSA) is 52.6 Å². The Bertz CT molecular complexity index is 608. The fourth-order valence-electron chi connectivity index (χ4n) is 3.71. The van der Waals surface area contributed by atoms with E-state index in [4.69, 9.17) is 0 Å². The summed E-state index contributed by atoms with van der Waals surface area (Å²) in [5.41, 5.74) is 3.42. The zero-order chi connectivity index (χ0) is 17.3. The molecule has 1 aliphatic carbocycles. The average Bonchev–Trinajstić information content (AvgIpc) is 3.34. The van der Waals surface area contributed by atoms with Crippen LogP contribution in [0.1, 0.15) is 62.1 Å². The minimum atomic E-state index is 0.0940. The van der Waals surface area contributed by atoms with E-state index in [2.05, 4.69) is 37.1 Å². The summed E-state index contributed by atoms with van der Waals surface area (Å²) in [5.74, 6) is 1.14. The number of benzene rings is 1. The van der Waals surface area contributed by atoms with Crippen LogP contribution in [0.5, 0.6) is 5.75 Å². The Morgan fingerprint density at radius 3 is 2.75 bits per heavy atom. The minimum Gasteiger partial charge on any atom is -0.508 e. The van der Waals surface area contributed by atoms with Gasteiger partial charge in [0.15, 0.2) is 0 Å². The van der Waals surface area contributed by atoms with Crippen LogP contribution in [0.3, 0.4) is 0 Å². The molecule has 0 radical (unpaired) electrons. The number of phenols is 1. The molecule has 1 atom stereocenters. The van der Waals surface area contributed by atoms with Gasteiger partial charge in [-0.2, -0.15) is 0 Å². The van der Waals surface area contributed by atoms with Gasteiger partial charge in [-0.15, -0.1) is 0 Å². The van der Waals surface area contributed by atoms with Crippen LogP contribution in [-0.4, -0.2) is 35.0 Å². The van der Waals surface area contributed by atoms with Crippen LogP contribution in [0, 0.1) is 12.8 Å². The number of likely N-dealkylation sites (tertiary alicyclic amines) is 1. The standard InChI is InChI=1S/C20H30N2O2/c1-13(2)18-10-16(19(23)9-14(18)3)12-22-8-4-5-15(11-22)20(24)21-17-6-7-17/h9-10,13,15,17,23H,4-8,11-12H2,1-3H3,(H,21,24)/t15-/m0/s1. The van der Waals surface area contributed by atoms with Gasteiger partial charge in [-0.1, -0.05) is 19.9 Å². The van der Waals surface area contributed by atoms with Crippen LogP contribution >= 0.6 is 0 Å². The second-order valence-electron chi connectivity index (χ2n) is 7.85. The maximum Gasteiger partial charge on any atom is 0.224 e. The zero-order valence-corrected chi connectivity index (χ0v) is 15.1. The quantitative estimate of drug-likeness (QED) is 0.871. The van der Waals surface area contributed by atoms with Gasteiger partial charge in [-0.3, -0.25) is 9.69 Å². The van der Waals surface area contributed by atoms with Crippen molar-refractivity contribution in [3.05, 3.63) is 28.8 Å². The molecule has 132 valence electrons. The molecule has 2 N–H and O–H groups in total. The summed E-state index contributed by atoms with van der Waals surface area (Å²) < 4.78 is 0. The lowest BCUT2D eigenvalue weighted by atomic mass is 9.93. The first-order valence-electron chi connectivity index (χ1n) is 9.29. The van der Waals surface area contributed by atoms with E-state index in [9.17, 15) is 9.90 Å². The van der Waals surface area contributed by atoms with Gasteiger partial charge in [0.25, 0.3) is 0 Å². The molecule has 0 bridgehead atoms. The van der Waals surface area contributed by atoms with Gasteiger partial charge in [-0.05, 0) is 62.3 Å². The molecule has 0 aromatic heterocycles. The number of rotatable bonds is 5. The monoisotopic (exact) mass is 330 g/mol. The van der Waals surface area contributed by atoms with Crippen molar-refractivity contribution in [1.82, 2.24) is 10.2 Å². The van der Waals surface area contributed by atoms with Crippen LogP contribution in [0.4, 0.5) is 0 Å². The van der Waals surface area contributed by atoms with E-state index >= 15 is 0 Å². The van der Waals surface area contributed by atoms with E-state index in [1.54, 1.807) is 0 Å². The number of hydrogen-bond acceptors (Lipinski definition) is 3. The van der Waals surface area contributed by atoms with Crippen molar-refractivity contribution in [1.29, 1.82) is 0 Å². The predicted octanol–water partition coefficient (Wildman–Crippen LogP) is 3.31. The van der Waals surface area contributed by atoms with Gasteiger partial charge >= 0.3 is 0 Å². The van der Waals surface area contributed by atoms with Gasteiger partial charge in [-0.25, -0.2) is 0 Å². The highest BCUT2D eigenvalue weighted by Crippen LogP contribution is 2.29. The fourth-order valence-corrected chi connectivity index (χ4v) is 3.71. The fraction of sp³-hybridized carbons (Fsp3) is 0.650. The van der Waals surface area contributed by atoms with Crippen molar-refractivity contribution < 1.29 is 9.90 Å². The number of aromatic hydroxyl groups is 1. The first kappa shape index (κ1) is 17.3. The van der Waals surface area contributed by atoms with Gasteiger partial charge in [0.05, 0.1) is 5.92 Å². The Morgan fingerprint density at radius 2 is 2.08 bits per heavy atom. The lowest BCUT2D eigenvalue weighted by Gasteiger charge is -2.32. The second kappa shape index (κ2) is 7.14. The van der Waals surface area contributed by atoms with E-state index < -0.39 is 0 Å². The van der Waals surface area contributed by atoms with Crippen molar-refractivity contribution >= 4 is 5.91 Å². The van der Waals surface area contributed by atoms with Gasteiger partial charge < -0.3 is 10.4 Å². The number of phenolic OH excluding ortho intramolecular Hbond substituents is 1.